The van der Waals surface area contributed by atoms with Gasteiger partial charge in [-0.15, -0.1) is 0 Å². The third kappa shape index (κ3) is 4.80. The fourth-order valence-electron chi connectivity index (χ4n) is 4.18. The highest BCUT2D eigenvalue weighted by molar-refractivity contribution is 5.94. The van der Waals surface area contributed by atoms with Gasteiger partial charge in [-0.05, 0) is 63.1 Å². The van der Waals surface area contributed by atoms with E-state index in [0.29, 0.717) is 30.7 Å². The van der Waals surface area contributed by atoms with Gasteiger partial charge in [-0.25, -0.2) is 0 Å². The lowest BCUT2D eigenvalue weighted by Gasteiger charge is -2.43. The van der Waals surface area contributed by atoms with Crippen molar-refractivity contribution in [1.82, 2.24) is 15.1 Å². The first kappa shape index (κ1) is 21.3. The van der Waals surface area contributed by atoms with Crippen LogP contribution >= 0.6 is 0 Å². The lowest BCUT2D eigenvalue weighted by Crippen LogP contribution is -2.55. The van der Waals surface area contributed by atoms with Gasteiger partial charge >= 0.3 is 0 Å². The predicted octanol–water partition coefficient (Wildman–Crippen LogP) is 3.65. The van der Waals surface area contributed by atoms with Crippen molar-refractivity contribution in [3.05, 3.63) is 65.2 Å². The number of hydrogen-bond acceptors (Lipinski definition) is 4. The Morgan fingerprint density at radius 2 is 1.83 bits per heavy atom. The minimum absolute atomic E-state index is 0.0271. The number of rotatable bonds is 6. The number of phenolic OH excluding ortho intramolecular Hbond substituents is 1. The minimum Gasteiger partial charge on any atom is -0.508 e. The highest BCUT2D eigenvalue weighted by atomic mass is 16.3. The van der Waals surface area contributed by atoms with E-state index in [4.69, 9.17) is 0 Å². The van der Waals surface area contributed by atoms with Crippen LogP contribution in [0.25, 0.3) is 0 Å². The van der Waals surface area contributed by atoms with E-state index in [9.17, 15) is 9.90 Å². The van der Waals surface area contributed by atoms with Gasteiger partial charge in [0.15, 0.2) is 0 Å². The van der Waals surface area contributed by atoms with E-state index >= 15 is 0 Å². The SMILES string of the molecule is CCN(CC)C(=O)c1ccc([C@H](c2cccc(O)c2)N2C[C@@H](C)NC[C@H]2C)cc1. The Balaban J connectivity index is 1.97. The fourth-order valence-corrected chi connectivity index (χ4v) is 4.18. The van der Waals surface area contributed by atoms with Crippen LogP contribution in [0.1, 0.15) is 55.2 Å². The zero-order valence-electron chi connectivity index (χ0n) is 17.9. The van der Waals surface area contributed by atoms with Crippen molar-refractivity contribution in [2.75, 3.05) is 26.2 Å². The first-order valence-electron chi connectivity index (χ1n) is 10.6. The van der Waals surface area contributed by atoms with Crippen molar-refractivity contribution in [3.8, 4) is 5.75 Å². The molecule has 1 saturated heterocycles. The number of carbonyl (C=O) groups is 1. The van der Waals surface area contributed by atoms with Crippen LogP contribution in [0.15, 0.2) is 48.5 Å². The van der Waals surface area contributed by atoms with E-state index in [2.05, 4.69) is 42.3 Å². The van der Waals surface area contributed by atoms with Crippen molar-refractivity contribution in [3.63, 3.8) is 0 Å². The molecule has 1 fully saturated rings. The van der Waals surface area contributed by atoms with Gasteiger partial charge < -0.3 is 15.3 Å². The summed E-state index contributed by atoms with van der Waals surface area (Å²) in [5.74, 6) is 0.344. The first-order valence-corrected chi connectivity index (χ1v) is 10.6. The lowest BCUT2D eigenvalue weighted by atomic mass is 9.93. The molecule has 1 amide bonds. The molecule has 1 aliphatic heterocycles. The second-order valence-corrected chi connectivity index (χ2v) is 7.95. The van der Waals surface area contributed by atoms with Crippen LogP contribution in [0, 0.1) is 0 Å². The molecule has 5 heteroatoms. The maximum absolute atomic E-state index is 12.7. The summed E-state index contributed by atoms with van der Waals surface area (Å²) in [6, 6.07) is 16.3. The summed E-state index contributed by atoms with van der Waals surface area (Å²) in [5.41, 5.74) is 2.91. The summed E-state index contributed by atoms with van der Waals surface area (Å²) < 4.78 is 0. The van der Waals surface area contributed by atoms with Gasteiger partial charge in [-0.1, -0.05) is 24.3 Å². The van der Waals surface area contributed by atoms with Gasteiger partial charge in [0.05, 0.1) is 6.04 Å². The molecule has 0 aliphatic carbocycles. The zero-order chi connectivity index (χ0) is 21.0. The molecule has 3 rings (SSSR count). The molecule has 2 aromatic rings. The second kappa shape index (κ2) is 9.42. The molecule has 29 heavy (non-hydrogen) atoms. The third-order valence-electron chi connectivity index (χ3n) is 5.85. The molecule has 0 unspecified atom stereocenters. The molecule has 2 N–H and O–H groups in total. The normalized spacial score (nSPS) is 21.0. The van der Waals surface area contributed by atoms with E-state index < -0.39 is 0 Å². The van der Waals surface area contributed by atoms with Gasteiger partial charge in [0.25, 0.3) is 5.91 Å². The topological polar surface area (TPSA) is 55.8 Å². The van der Waals surface area contributed by atoms with Crippen molar-refractivity contribution in [1.29, 1.82) is 0 Å². The van der Waals surface area contributed by atoms with Crippen molar-refractivity contribution in [2.45, 2.75) is 45.8 Å². The molecule has 0 radical (unpaired) electrons. The highest BCUT2D eigenvalue weighted by Crippen LogP contribution is 2.33. The molecule has 0 saturated carbocycles. The molecular weight excluding hydrogens is 362 g/mol. The molecule has 156 valence electrons. The number of carbonyl (C=O) groups excluding carboxylic acids is 1. The van der Waals surface area contributed by atoms with E-state index in [0.717, 1.165) is 24.2 Å². The van der Waals surface area contributed by atoms with E-state index in [1.807, 2.05) is 43.0 Å². The summed E-state index contributed by atoms with van der Waals surface area (Å²) in [7, 11) is 0. The average molecular weight is 396 g/mol. The maximum atomic E-state index is 12.7. The second-order valence-electron chi connectivity index (χ2n) is 7.95. The molecule has 0 aromatic heterocycles. The van der Waals surface area contributed by atoms with E-state index in [1.165, 1.54) is 0 Å². The fraction of sp³-hybridized carbons (Fsp3) is 0.458. The standard InChI is InChI=1S/C24H33N3O2/c1-5-26(6-2)24(29)20-12-10-19(11-13-20)23(21-8-7-9-22(28)14-21)27-16-17(3)25-15-18(27)4/h7-14,17-18,23,25,28H,5-6,15-16H2,1-4H3/t17-,18-,23-/m1/s1. The van der Waals surface area contributed by atoms with Crippen LogP contribution in [-0.4, -0.2) is 59.1 Å². The van der Waals surface area contributed by atoms with Crippen LogP contribution < -0.4 is 5.32 Å². The molecule has 0 bridgehead atoms. The number of amides is 1. The average Bonchev–Trinajstić information content (AvgIpc) is 2.72. The van der Waals surface area contributed by atoms with Crippen LogP contribution in [0.4, 0.5) is 0 Å². The Morgan fingerprint density at radius 1 is 1.14 bits per heavy atom. The lowest BCUT2D eigenvalue weighted by molar-refractivity contribution is 0.0773. The molecule has 5 nitrogen and oxygen atoms in total. The Labute approximate surface area is 174 Å². The molecule has 3 atom stereocenters. The minimum atomic E-state index is 0.0271. The molecule has 1 aliphatic rings. The van der Waals surface area contributed by atoms with E-state index in [1.54, 1.807) is 6.07 Å². The summed E-state index contributed by atoms with van der Waals surface area (Å²) in [6.07, 6.45) is 0. The highest BCUT2D eigenvalue weighted by Gasteiger charge is 2.31. The number of hydrogen-bond donors (Lipinski definition) is 2. The van der Waals surface area contributed by atoms with Gasteiger partial charge in [-0.3, -0.25) is 9.69 Å². The number of benzene rings is 2. The number of nitrogens with one attached hydrogen (secondary N) is 1. The third-order valence-corrected chi connectivity index (χ3v) is 5.85. The maximum Gasteiger partial charge on any atom is 0.253 e. The van der Waals surface area contributed by atoms with Gasteiger partial charge in [0.2, 0.25) is 0 Å². The Kier molecular flexibility index (Phi) is 6.93. The molecule has 0 spiro atoms. The Hall–Kier alpha value is -2.37. The summed E-state index contributed by atoms with van der Waals surface area (Å²) in [4.78, 5) is 17.0. The molecular formula is C24H33N3O2. The largest absolute Gasteiger partial charge is 0.508 e. The number of aromatic hydroxyl groups is 1. The molecule has 2 aromatic carbocycles. The van der Waals surface area contributed by atoms with Crippen LogP contribution in [0.3, 0.4) is 0 Å². The summed E-state index contributed by atoms with van der Waals surface area (Å²) >= 11 is 0. The van der Waals surface area contributed by atoms with Crippen molar-refractivity contribution >= 4 is 5.91 Å². The zero-order valence-corrected chi connectivity index (χ0v) is 17.9. The van der Waals surface area contributed by atoms with Gasteiger partial charge in [0, 0.05) is 43.8 Å². The Bertz CT molecular complexity index is 817. The summed E-state index contributed by atoms with van der Waals surface area (Å²) in [6.45, 7) is 11.7. The number of phenols is 1. The van der Waals surface area contributed by atoms with Crippen molar-refractivity contribution < 1.29 is 9.90 Å². The number of nitrogens with zero attached hydrogens (tertiary/aromatic N) is 2. The predicted molar refractivity (Wildman–Crippen MR) is 117 cm³/mol. The quantitative estimate of drug-likeness (QED) is 0.784. The van der Waals surface area contributed by atoms with Gasteiger partial charge in [0.1, 0.15) is 5.75 Å². The van der Waals surface area contributed by atoms with Gasteiger partial charge in [-0.2, -0.15) is 0 Å². The molecule has 1 heterocycles. The summed E-state index contributed by atoms with van der Waals surface area (Å²) in [5, 5.41) is 13.6. The monoisotopic (exact) mass is 395 g/mol. The number of piperazine rings is 1. The first-order chi connectivity index (χ1) is 13.9. The van der Waals surface area contributed by atoms with Crippen LogP contribution in [0.2, 0.25) is 0 Å². The smallest absolute Gasteiger partial charge is 0.253 e. The van der Waals surface area contributed by atoms with Crippen LogP contribution in [0.5, 0.6) is 5.75 Å². The van der Waals surface area contributed by atoms with E-state index in [-0.39, 0.29) is 17.7 Å². The van der Waals surface area contributed by atoms with Crippen LogP contribution in [-0.2, 0) is 0 Å². The van der Waals surface area contributed by atoms with Crippen molar-refractivity contribution in [2.24, 2.45) is 0 Å². The Morgan fingerprint density at radius 3 is 2.45 bits per heavy atom.